The van der Waals surface area contributed by atoms with Gasteiger partial charge in [-0.05, 0) is 65.8 Å². The maximum absolute atomic E-state index is 14.4. The van der Waals surface area contributed by atoms with Crippen molar-refractivity contribution in [3.8, 4) is 11.1 Å². The van der Waals surface area contributed by atoms with Gasteiger partial charge in [-0.2, -0.15) is 0 Å². The lowest BCUT2D eigenvalue weighted by atomic mass is 9.91. The van der Waals surface area contributed by atoms with Crippen LogP contribution in [0.3, 0.4) is 0 Å². The third-order valence-electron chi connectivity index (χ3n) is 7.38. The topological polar surface area (TPSA) is 69.4 Å². The largest absolute Gasteiger partial charge is 0.464 e. The number of aryl methyl sites for hydroxylation is 3. The number of halogens is 2. The molecule has 5 rings (SSSR count). The van der Waals surface area contributed by atoms with E-state index in [1.807, 2.05) is 12.1 Å². The molecule has 198 valence electrons. The number of benzene rings is 2. The number of pyridine rings is 1. The van der Waals surface area contributed by atoms with Gasteiger partial charge in [0.2, 0.25) is 0 Å². The Morgan fingerprint density at radius 2 is 1.82 bits per heavy atom. The van der Waals surface area contributed by atoms with Gasteiger partial charge in [-0.1, -0.05) is 19.9 Å². The van der Waals surface area contributed by atoms with Crippen LogP contribution in [0, 0.1) is 0 Å². The number of ether oxygens (including phenoxy) is 1. The summed E-state index contributed by atoms with van der Waals surface area (Å²) in [6.07, 6.45) is 0.323. The van der Waals surface area contributed by atoms with E-state index >= 15 is 0 Å². The Morgan fingerprint density at radius 1 is 1.05 bits per heavy atom. The lowest BCUT2D eigenvalue weighted by molar-refractivity contribution is 0.0594. The van der Waals surface area contributed by atoms with Crippen molar-refractivity contribution in [2.24, 2.45) is 14.1 Å². The van der Waals surface area contributed by atoms with Gasteiger partial charge in [0.25, 0.3) is 6.43 Å². The molecule has 0 unspecified atom stereocenters. The summed E-state index contributed by atoms with van der Waals surface area (Å²) in [6.45, 7) is 4.84. The van der Waals surface area contributed by atoms with Crippen LogP contribution in [0.25, 0.3) is 22.2 Å². The molecule has 0 bridgehead atoms. The van der Waals surface area contributed by atoms with Crippen LogP contribution in [-0.2, 0) is 25.3 Å². The third kappa shape index (κ3) is 4.15. The zero-order valence-electron chi connectivity index (χ0n) is 22.1. The van der Waals surface area contributed by atoms with Crippen LogP contribution in [0.4, 0.5) is 20.2 Å². The summed E-state index contributed by atoms with van der Waals surface area (Å²) < 4.78 is 36.8. The molecule has 3 heterocycles. The summed E-state index contributed by atoms with van der Waals surface area (Å²) in [5.41, 5.74) is 6.14. The van der Waals surface area contributed by atoms with Crippen molar-refractivity contribution in [1.29, 1.82) is 0 Å². The van der Waals surface area contributed by atoms with Gasteiger partial charge in [0.05, 0.1) is 18.1 Å². The molecule has 9 heteroatoms. The molecule has 0 atom stereocenters. The van der Waals surface area contributed by atoms with Gasteiger partial charge in [0.1, 0.15) is 5.69 Å². The summed E-state index contributed by atoms with van der Waals surface area (Å²) in [6, 6.07) is 10.5. The van der Waals surface area contributed by atoms with E-state index < -0.39 is 12.4 Å². The molecular weight excluding hydrogens is 490 g/mol. The highest BCUT2D eigenvalue weighted by molar-refractivity contribution is 5.88. The first-order chi connectivity index (χ1) is 18.1. The molecule has 0 saturated heterocycles. The first kappa shape index (κ1) is 25.6. The van der Waals surface area contributed by atoms with Crippen molar-refractivity contribution in [2.75, 3.05) is 18.6 Å². The number of imidazole rings is 1. The molecule has 1 aliphatic rings. The molecule has 2 aromatic heterocycles. The number of carbonyl (C=O) groups is 1. The maximum Gasteiger partial charge on any atom is 0.356 e. The average molecular weight is 521 g/mol. The maximum atomic E-state index is 14.4. The van der Waals surface area contributed by atoms with Gasteiger partial charge in [0, 0.05) is 49.3 Å². The van der Waals surface area contributed by atoms with E-state index in [0.717, 1.165) is 46.4 Å². The van der Waals surface area contributed by atoms with E-state index in [4.69, 9.17) is 0 Å². The average Bonchev–Trinajstić information content (AvgIpc) is 3.14. The van der Waals surface area contributed by atoms with Crippen molar-refractivity contribution >= 4 is 28.4 Å². The van der Waals surface area contributed by atoms with Gasteiger partial charge in [-0.3, -0.25) is 9.13 Å². The van der Waals surface area contributed by atoms with Crippen LogP contribution in [0.15, 0.2) is 47.4 Å². The minimum Gasteiger partial charge on any atom is -0.464 e. The number of hydrogen-bond donors (Lipinski definition) is 0. The summed E-state index contributed by atoms with van der Waals surface area (Å²) in [7, 11) is 4.79. The standard InChI is InChI=1S/C29H30F2N4O3/c1-16(2)20-12-19(13-25-26(20)34(4)29(37)33(25)3)35-10-6-7-17-11-21(22(27(30)31)14-24(17)35)18-8-9-23(32-15-18)28(36)38-5/h8-9,11-16,27H,6-7,10H2,1-5H3. The molecule has 0 amide bonds. The zero-order valence-corrected chi connectivity index (χ0v) is 22.1. The molecule has 0 spiro atoms. The molecule has 0 saturated carbocycles. The smallest absolute Gasteiger partial charge is 0.356 e. The van der Waals surface area contributed by atoms with Crippen LogP contribution < -0.4 is 10.6 Å². The lowest BCUT2D eigenvalue weighted by Crippen LogP contribution is -2.25. The molecular formula is C29H30F2N4O3. The normalized spacial score (nSPS) is 13.4. The van der Waals surface area contributed by atoms with Crippen LogP contribution in [0.2, 0.25) is 0 Å². The number of hydrogen-bond acceptors (Lipinski definition) is 5. The Labute approximate surface area is 219 Å². The second-order valence-corrected chi connectivity index (χ2v) is 10.0. The van der Waals surface area contributed by atoms with Crippen LogP contribution in [0.5, 0.6) is 0 Å². The zero-order chi connectivity index (χ0) is 27.3. The summed E-state index contributed by atoms with van der Waals surface area (Å²) >= 11 is 0. The Bertz CT molecular complexity index is 1600. The van der Waals surface area contributed by atoms with Gasteiger partial charge in [-0.25, -0.2) is 23.4 Å². The number of nitrogens with zero attached hydrogens (tertiary/aromatic N) is 4. The van der Waals surface area contributed by atoms with Crippen LogP contribution in [0.1, 0.15) is 59.8 Å². The summed E-state index contributed by atoms with van der Waals surface area (Å²) in [4.78, 5) is 30.7. The first-order valence-electron chi connectivity index (χ1n) is 12.6. The number of rotatable bonds is 5. The quantitative estimate of drug-likeness (QED) is 0.308. The SMILES string of the molecule is COC(=O)c1ccc(-c2cc3c(cc2C(F)F)N(c2cc(C(C)C)c4c(c2)n(C)c(=O)n4C)CCC3)cn1. The number of esters is 1. The van der Waals surface area contributed by atoms with E-state index in [-0.39, 0.29) is 22.9 Å². The van der Waals surface area contributed by atoms with E-state index in [1.165, 1.54) is 19.4 Å². The van der Waals surface area contributed by atoms with Crippen molar-refractivity contribution in [1.82, 2.24) is 14.1 Å². The highest BCUT2D eigenvalue weighted by Crippen LogP contribution is 2.42. The lowest BCUT2D eigenvalue weighted by Gasteiger charge is -2.33. The Morgan fingerprint density at radius 3 is 2.45 bits per heavy atom. The summed E-state index contributed by atoms with van der Waals surface area (Å²) in [5, 5.41) is 0. The van der Waals surface area contributed by atoms with E-state index in [0.29, 0.717) is 17.7 Å². The van der Waals surface area contributed by atoms with E-state index in [9.17, 15) is 18.4 Å². The van der Waals surface area contributed by atoms with E-state index in [1.54, 1.807) is 35.4 Å². The Kier molecular flexibility index (Phi) is 6.54. The Hall–Kier alpha value is -4.01. The van der Waals surface area contributed by atoms with Crippen LogP contribution >= 0.6 is 0 Å². The fourth-order valence-electron chi connectivity index (χ4n) is 5.39. The van der Waals surface area contributed by atoms with Crippen LogP contribution in [-0.4, -0.2) is 33.7 Å². The second-order valence-electron chi connectivity index (χ2n) is 10.0. The Balaban J connectivity index is 1.66. The molecule has 7 nitrogen and oxygen atoms in total. The first-order valence-corrected chi connectivity index (χ1v) is 12.6. The van der Waals surface area contributed by atoms with Gasteiger partial charge in [0.15, 0.2) is 0 Å². The predicted octanol–water partition coefficient (Wildman–Crippen LogP) is 5.87. The van der Waals surface area contributed by atoms with Gasteiger partial charge in [-0.15, -0.1) is 0 Å². The van der Waals surface area contributed by atoms with Crippen molar-refractivity contribution < 1.29 is 18.3 Å². The number of aromatic nitrogens is 3. The molecule has 0 aliphatic carbocycles. The third-order valence-corrected chi connectivity index (χ3v) is 7.38. The second kappa shape index (κ2) is 9.70. The summed E-state index contributed by atoms with van der Waals surface area (Å²) in [5.74, 6) is -0.422. The van der Waals surface area contributed by atoms with E-state index in [2.05, 4.69) is 34.5 Å². The predicted molar refractivity (Wildman–Crippen MR) is 144 cm³/mol. The molecule has 0 fully saturated rings. The minimum atomic E-state index is -2.71. The number of carbonyl (C=O) groups excluding carboxylic acids is 1. The van der Waals surface area contributed by atoms with Gasteiger partial charge < -0.3 is 9.64 Å². The molecule has 0 radical (unpaired) electrons. The molecule has 0 N–H and O–H groups in total. The van der Waals surface area contributed by atoms with Crippen molar-refractivity contribution in [3.05, 3.63) is 75.5 Å². The molecule has 1 aliphatic heterocycles. The monoisotopic (exact) mass is 520 g/mol. The molecule has 2 aromatic carbocycles. The molecule has 38 heavy (non-hydrogen) atoms. The minimum absolute atomic E-state index is 0.0967. The molecule has 4 aromatic rings. The van der Waals surface area contributed by atoms with Gasteiger partial charge >= 0.3 is 11.7 Å². The highest BCUT2D eigenvalue weighted by atomic mass is 19.3. The van der Waals surface area contributed by atoms with Crippen molar-refractivity contribution in [3.63, 3.8) is 0 Å². The highest BCUT2D eigenvalue weighted by Gasteiger charge is 2.26. The number of methoxy groups -OCH3 is 1. The number of fused-ring (bicyclic) bond motifs is 2. The number of anilines is 2. The number of alkyl halides is 2. The fraction of sp³-hybridized carbons (Fsp3) is 0.345. The fourth-order valence-corrected chi connectivity index (χ4v) is 5.39. The van der Waals surface area contributed by atoms with Crippen molar-refractivity contribution in [2.45, 2.75) is 39.0 Å².